The Kier molecular flexibility index (Phi) is 5.97. The number of carbonyl (C=O) groups is 3. The van der Waals surface area contributed by atoms with Crippen molar-refractivity contribution < 1.29 is 19.1 Å². The number of β-lactam (4-membered cyclic amide) rings is 1. The number of aromatic nitrogens is 4. The van der Waals surface area contributed by atoms with Crippen LogP contribution in [0.3, 0.4) is 0 Å². The highest BCUT2D eigenvalue weighted by molar-refractivity contribution is 8.01. The van der Waals surface area contributed by atoms with Crippen LogP contribution in [0.4, 0.5) is 0 Å². The molecule has 0 saturated carbocycles. The second-order valence-electron chi connectivity index (χ2n) is 8.75. The Balaban J connectivity index is 1.37. The van der Waals surface area contributed by atoms with Gasteiger partial charge in [-0.2, -0.15) is 0 Å². The van der Waals surface area contributed by atoms with Gasteiger partial charge in [-0.25, -0.2) is 5.10 Å². The molecule has 2 fully saturated rings. The Morgan fingerprint density at radius 3 is 2.54 bits per heavy atom. The summed E-state index contributed by atoms with van der Waals surface area (Å²) in [6.07, 6.45) is 0. The van der Waals surface area contributed by atoms with Crippen LogP contribution in [0.15, 0.2) is 54.6 Å². The van der Waals surface area contributed by atoms with Gasteiger partial charge in [0.05, 0.1) is 0 Å². The fraction of sp³-hybridized carbons (Fsp3) is 0.304. The zero-order valence-electron chi connectivity index (χ0n) is 18.7. The van der Waals surface area contributed by atoms with Crippen molar-refractivity contribution in [3.8, 4) is 5.75 Å². The number of hydrogen-bond acceptors (Lipinski definition) is 8. The Morgan fingerprint density at radius 1 is 1.17 bits per heavy atom. The van der Waals surface area contributed by atoms with Crippen LogP contribution < -0.4 is 10.1 Å². The highest BCUT2D eigenvalue weighted by atomic mass is 35.5. The van der Waals surface area contributed by atoms with Crippen molar-refractivity contribution in [3.05, 3.63) is 71.0 Å². The van der Waals surface area contributed by atoms with Crippen molar-refractivity contribution in [2.24, 2.45) is 0 Å². The number of fused-ring (bicyclic) bond motifs is 1. The fourth-order valence-electron chi connectivity index (χ4n) is 4.42. The molecule has 10 nitrogen and oxygen atoms in total. The number of aromatic amines is 1. The number of thioether (sulfide) groups is 1. The van der Waals surface area contributed by atoms with Gasteiger partial charge < -0.3 is 15.0 Å². The second-order valence-corrected chi connectivity index (χ2v) is 11.0. The summed E-state index contributed by atoms with van der Waals surface area (Å²) >= 11 is 7.54. The third kappa shape index (κ3) is 4.25. The number of ether oxygens (including phenoxy) is 1. The molecule has 2 aliphatic heterocycles. The van der Waals surface area contributed by atoms with Gasteiger partial charge in [0.2, 0.25) is 11.8 Å². The van der Waals surface area contributed by atoms with Crippen molar-refractivity contribution in [2.45, 2.75) is 42.0 Å². The number of esters is 1. The Morgan fingerprint density at radius 2 is 1.89 bits per heavy atom. The fourth-order valence-corrected chi connectivity index (χ4v) is 6.18. The number of rotatable bonds is 6. The Hall–Kier alpha value is -3.44. The molecule has 4 unspecified atom stereocenters. The lowest BCUT2D eigenvalue weighted by Crippen LogP contribution is -2.68. The first-order valence-corrected chi connectivity index (χ1v) is 12.1. The van der Waals surface area contributed by atoms with Crippen LogP contribution in [-0.2, 0) is 14.4 Å². The van der Waals surface area contributed by atoms with Crippen molar-refractivity contribution >= 4 is 41.1 Å². The largest absolute Gasteiger partial charge is 0.426 e. The minimum Gasteiger partial charge on any atom is -0.426 e. The van der Waals surface area contributed by atoms with Crippen LogP contribution in [0, 0.1) is 0 Å². The van der Waals surface area contributed by atoms with Gasteiger partial charge in [0, 0.05) is 9.77 Å². The average Bonchev–Trinajstić information content (AvgIpc) is 3.44. The molecule has 12 heteroatoms. The molecule has 35 heavy (non-hydrogen) atoms. The molecular formula is C23H21ClN6O4S. The number of H-pyrrole nitrogens is 1. The van der Waals surface area contributed by atoms with Gasteiger partial charge in [0.1, 0.15) is 23.2 Å². The van der Waals surface area contributed by atoms with Crippen LogP contribution in [0.2, 0.25) is 5.02 Å². The third-order valence-electron chi connectivity index (χ3n) is 6.02. The molecule has 180 valence electrons. The van der Waals surface area contributed by atoms with Crippen molar-refractivity contribution in [1.29, 1.82) is 0 Å². The first-order valence-electron chi connectivity index (χ1n) is 10.8. The molecule has 2 aliphatic rings. The molecule has 0 bridgehead atoms. The number of benzene rings is 2. The first kappa shape index (κ1) is 23.3. The molecule has 4 atom stereocenters. The number of halogens is 1. The summed E-state index contributed by atoms with van der Waals surface area (Å²) in [5.41, 5.74) is 0.404. The van der Waals surface area contributed by atoms with Crippen molar-refractivity contribution in [2.75, 3.05) is 0 Å². The van der Waals surface area contributed by atoms with Crippen molar-refractivity contribution in [1.82, 2.24) is 30.8 Å². The number of carbonyl (C=O) groups excluding carboxylic acids is 3. The molecule has 2 aromatic carbocycles. The van der Waals surface area contributed by atoms with E-state index >= 15 is 0 Å². The zero-order chi connectivity index (χ0) is 24.7. The summed E-state index contributed by atoms with van der Waals surface area (Å²) < 4.78 is 5.07. The molecule has 3 heterocycles. The van der Waals surface area contributed by atoms with E-state index in [2.05, 4.69) is 25.9 Å². The number of para-hydroxylation sites is 1. The Bertz CT molecular complexity index is 1250. The molecule has 0 radical (unpaired) electrons. The normalized spacial score (nSPS) is 23.2. The SMILES string of the molecule is CC1(C)SC2C(NC(=O)C(C(=O)Oc3ccccc3)c3ccc(Cl)cc3)C(=O)N2C1c1nnn[nH]1. The van der Waals surface area contributed by atoms with E-state index in [0.29, 0.717) is 22.2 Å². The highest BCUT2D eigenvalue weighted by Gasteiger charge is 2.63. The maximum Gasteiger partial charge on any atom is 0.328 e. The van der Waals surface area contributed by atoms with Gasteiger partial charge in [0.25, 0.3) is 0 Å². The van der Waals surface area contributed by atoms with Gasteiger partial charge in [-0.3, -0.25) is 14.4 Å². The summed E-state index contributed by atoms with van der Waals surface area (Å²) in [6, 6.07) is 13.7. The van der Waals surface area contributed by atoms with Crippen LogP contribution in [-0.4, -0.2) is 59.5 Å². The van der Waals surface area contributed by atoms with Crippen molar-refractivity contribution in [3.63, 3.8) is 0 Å². The predicted octanol–water partition coefficient (Wildman–Crippen LogP) is 2.46. The molecule has 3 aromatic rings. The molecule has 2 amide bonds. The lowest BCUT2D eigenvalue weighted by molar-refractivity contribution is -0.153. The van der Waals surface area contributed by atoms with Crippen LogP contribution in [0.1, 0.15) is 37.2 Å². The topological polar surface area (TPSA) is 130 Å². The molecule has 0 spiro atoms. The van der Waals surface area contributed by atoms with Gasteiger partial charge in [-0.15, -0.1) is 16.9 Å². The minimum atomic E-state index is -1.29. The average molecular weight is 513 g/mol. The minimum absolute atomic E-state index is 0.269. The van der Waals surface area contributed by atoms with Gasteiger partial charge >= 0.3 is 5.97 Å². The first-order chi connectivity index (χ1) is 16.8. The Labute approximate surface area is 209 Å². The summed E-state index contributed by atoms with van der Waals surface area (Å²) in [4.78, 5) is 41.3. The molecule has 1 aromatic heterocycles. The van der Waals surface area contributed by atoms with Crippen LogP contribution >= 0.6 is 23.4 Å². The van der Waals surface area contributed by atoms with E-state index < -0.39 is 28.6 Å². The third-order valence-corrected chi connectivity index (χ3v) is 7.85. The van der Waals surface area contributed by atoms with Gasteiger partial charge in [-0.05, 0) is 54.1 Å². The number of hydrogen-bond donors (Lipinski definition) is 2. The van der Waals surface area contributed by atoms with E-state index in [1.54, 1.807) is 59.5 Å². The van der Waals surface area contributed by atoms with Gasteiger partial charge in [-0.1, -0.05) is 41.9 Å². The number of nitrogens with zero attached hydrogens (tertiary/aromatic N) is 4. The monoisotopic (exact) mass is 512 g/mol. The molecule has 2 N–H and O–H groups in total. The molecule has 0 aliphatic carbocycles. The van der Waals surface area contributed by atoms with Gasteiger partial charge in [0.15, 0.2) is 11.7 Å². The summed E-state index contributed by atoms with van der Waals surface area (Å²) in [6.45, 7) is 3.98. The van der Waals surface area contributed by atoms with E-state index in [9.17, 15) is 14.4 Å². The maximum absolute atomic E-state index is 13.4. The maximum atomic E-state index is 13.4. The summed E-state index contributed by atoms with van der Waals surface area (Å²) in [5, 5.41) is 16.9. The molecule has 5 rings (SSSR count). The lowest BCUT2D eigenvalue weighted by Gasteiger charge is -2.44. The predicted molar refractivity (Wildman–Crippen MR) is 127 cm³/mol. The number of tetrazole rings is 1. The molecular weight excluding hydrogens is 492 g/mol. The zero-order valence-corrected chi connectivity index (χ0v) is 20.3. The summed E-state index contributed by atoms with van der Waals surface area (Å²) in [5.74, 6) is -2.16. The van der Waals surface area contributed by atoms with E-state index in [1.165, 1.54) is 11.8 Å². The summed E-state index contributed by atoms with van der Waals surface area (Å²) in [7, 11) is 0. The van der Waals surface area contributed by atoms with E-state index in [-0.39, 0.29) is 17.3 Å². The standard InChI is InChI=1S/C23H21ClN6O4S/c1-23(2)17(18-26-28-29-27-18)30-20(32)16(21(30)35-23)25-19(31)15(12-8-10-13(24)11-9-12)22(33)34-14-6-4-3-5-7-14/h3-11,15-17,21H,1-2H3,(H,25,31)(H,26,27,28,29). The van der Waals surface area contributed by atoms with E-state index in [0.717, 1.165) is 0 Å². The van der Waals surface area contributed by atoms with Crippen LogP contribution in [0.5, 0.6) is 5.75 Å². The smallest absolute Gasteiger partial charge is 0.328 e. The lowest BCUT2D eigenvalue weighted by atomic mass is 9.94. The van der Waals surface area contributed by atoms with E-state index in [1.807, 2.05) is 13.8 Å². The second kappa shape index (κ2) is 8.97. The highest BCUT2D eigenvalue weighted by Crippen LogP contribution is 2.56. The molecule has 2 saturated heterocycles. The number of amides is 2. The van der Waals surface area contributed by atoms with E-state index in [4.69, 9.17) is 16.3 Å². The quantitative estimate of drug-likeness (QED) is 0.223. The van der Waals surface area contributed by atoms with Crippen LogP contribution in [0.25, 0.3) is 0 Å². The number of nitrogens with one attached hydrogen (secondary N) is 2.